The molecule has 8 heteroatoms. The first kappa shape index (κ1) is 40.4. The van der Waals surface area contributed by atoms with Gasteiger partial charge in [0.05, 0.1) is 34.5 Å². The van der Waals surface area contributed by atoms with Gasteiger partial charge in [0.2, 0.25) is 23.0 Å². The molecule has 9 rings (SSSR count). The number of ketones is 1. The molecule has 310 valence electrons. The average molecular weight is 820 g/mol. The number of anilines is 3. The highest BCUT2D eigenvalue weighted by Gasteiger charge is 2.45. The highest BCUT2D eigenvalue weighted by molar-refractivity contribution is 6.52. The largest absolute Gasteiger partial charge is 0.506 e. The summed E-state index contributed by atoms with van der Waals surface area (Å²) in [5.41, 5.74) is 9.19. The van der Waals surface area contributed by atoms with Crippen LogP contribution in [-0.2, 0) is 14.4 Å². The monoisotopic (exact) mass is 819 g/mol. The number of aliphatic hydroxyl groups is 1. The second-order valence-electron chi connectivity index (χ2n) is 16.2. The fourth-order valence-electron chi connectivity index (χ4n) is 10.0. The number of rotatable bonds is 11. The van der Waals surface area contributed by atoms with Gasteiger partial charge in [-0.1, -0.05) is 135 Å². The molecule has 0 spiro atoms. The number of nitrogens with zero attached hydrogens (tertiary/aromatic N) is 2. The number of hydrogen-bond acceptors (Lipinski definition) is 5. The number of likely N-dealkylation sites (N-methyl/N-ethyl adjacent to an activating group) is 2. The molecule has 0 radical (unpaired) electrons. The van der Waals surface area contributed by atoms with E-state index < -0.39 is 0 Å². The Hall–Kier alpha value is -7.06. The molecular weight excluding hydrogens is 769 g/mol. The number of Topliss-reactive ketones (excluding diaryl/α,β-unsaturated/α-hetero) is 1. The maximum atomic E-state index is 15.0. The van der Waals surface area contributed by atoms with Crippen LogP contribution in [0.4, 0.5) is 17.1 Å². The number of amides is 2. The first-order valence-electron chi connectivity index (χ1n) is 21.8. The van der Waals surface area contributed by atoms with E-state index in [1.807, 2.05) is 72.8 Å². The van der Waals surface area contributed by atoms with Gasteiger partial charge in [-0.15, -0.1) is 0 Å². The Morgan fingerprint density at radius 3 is 1.68 bits per heavy atom. The number of carbonyl (C=O) groups excluding carboxylic acids is 3. The Kier molecular flexibility index (Phi) is 10.9. The average Bonchev–Trinajstić information content (AvgIpc) is 3.81. The van der Waals surface area contributed by atoms with E-state index in [1.54, 1.807) is 13.8 Å². The van der Waals surface area contributed by atoms with Gasteiger partial charge >= 0.3 is 0 Å². The summed E-state index contributed by atoms with van der Waals surface area (Å²) in [6.07, 6.45) is 0.473. The van der Waals surface area contributed by atoms with Crippen molar-refractivity contribution in [3.05, 3.63) is 201 Å². The summed E-state index contributed by atoms with van der Waals surface area (Å²) < 4.78 is 2.36. The summed E-state index contributed by atoms with van der Waals surface area (Å²) in [5.74, 6) is -1.14. The normalized spacial score (nSPS) is 19.8. The lowest BCUT2D eigenvalue weighted by Gasteiger charge is -2.30. The van der Waals surface area contributed by atoms with Gasteiger partial charge in [0, 0.05) is 59.0 Å². The summed E-state index contributed by atoms with van der Waals surface area (Å²) in [4.78, 5) is 43.8. The summed E-state index contributed by atoms with van der Waals surface area (Å²) in [6, 6.07) is 49.4. The van der Waals surface area contributed by atoms with E-state index in [9.17, 15) is 14.7 Å². The summed E-state index contributed by atoms with van der Waals surface area (Å²) in [5, 5.41) is 20.0. The van der Waals surface area contributed by atoms with Crippen LogP contribution in [-0.4, -0.2) is 35.8 Å². The highest BCUT2D eigenvalue weighted by atomic mass is 16.3. The molecule has 3 aliphatic rings. The number of benzene rings is 6. The van der Waals surface area contributed by atoms with Crippen molar-refractivity contribution in [3.8, 4) is 0 Å². The predicted octanol–water partition coefficient (Wildman–Crippen LogP) is 9.20. The molecule has 0 saturated heterocycles. The van der Waals surface area contributed by atoms with Crippen LogP contribution >= 0.6 is 0 Å². The van der Waals surface area contributed by atoms with E-state index in [1.165, 1.54) is 0 Å². The van der Waals surface area contributed by atoms with Crippen LogP contribution in [0, 0.1) is 0 Å². The third-order valence-electron chi connectivity index (χ3n) is 12.9. The molecule has 6 aromatic rings. The molecule has 6 aromatic carbocycles. The second kappa shape index (κ2) is 16.8. The number of aliphatic hydroxyl groups excluding tert-OH is 1. The number of hydrogen-bond donors (Lipinski definition) is 3. The maximum Gasteiger partial charge on any atom is 0.224 e. The van der Waals surface area contributed by atoms with E-state index in [4.69, 9.17) is 0 Å². The topological polar surface area (TPSA) is 102 Å². The van der Waals surface area contributed by atoms with Crippen molar-refractivity contribution >= 4 is 45.8 Å². The minimum atomic E-state index is -0.358. The zero-order valence-corrected chi connectivity index (χ0v) is 35.6. The number of carbonyl (C=O) groups is 3. The molecule has 3 N–H and O–H groups in total. The Morgan fingerprint density at radius 1 is 0.613 bits per heavy atom. The Bertz CT molecular complexity index is 2880. The van der Waals surface area contributed by atoms with Crippen LogP contribution in [0.1, 0.15) is 103 Å². The van der Waals surface area contributed by atoms with Crippen LogP contribution in [0.15, 0.2) is 151 Å². The number of nitrogens with one attached hydrogen (secondary N) is 2. The van der Waals surface area contributed by atoms with E-state index in [0.29, 0.717) is 35.2 Å². The van der Waals surface area contributed by atoms with Crippen molar-refractivity contribution in [1.29, 1.82) is 0 Å². The summed E-state index contributed by atoms with van der Waals surface area (Å²) >= 11 is 0. The lowest BCUT2D eigenvalue weighted by Crippen LogP contribution is -2.33. The van der Waals surface area contributed by atoms with Gasteiger partial charge in [-0.3, -0.25) is 14.4 Å². The molecule has 1 aliphatic carbocycles. The molecule has 62 heavy (non-hydrogen) atoms. The van der Waals surface area contributed by atoms with E-state index in [2.05, 4.69) is 107 Å². The predicted molar refractivity (Wildman–Crippen MR) is 248 cm³/mol. The standard InChI is InChI=1S/C54H50N4O4/c1-5-45(59)55-41-31-43-39(47(33-21-13-9-14-22-33)51(57(43)7-3)35-25-17-11-18-26-35)29-37(41)49-53(61)50(54(49)62)38-30-40-44(32-42(38)56-46(60)6-2)58(8-4)52(36-27-19-12-20-28-36)48(40)34-23-15-10-16-24-34/h9-32,47-48,51-52H,5-8H2,1-4H3,(H2,55,56,59,60,61,62)/p+1. The molecule has 2 amide bonds. The number of fused-ring (bicyclic) bond motifs is 2. The van der Waals surface area contributed by atoms with Gasteiger partial charge in [0.1, 0.15) is 12.3 Å². The van der Waals surface area contributed by atoms with Gasteiger partial charge in [-0.25, -0.2) is 4.58 Å². The van der Waals surface area contributed by atoms with Gasteiger partial charge in [0.15, 0.2) is 6.04 Å². The second-order valence-corrected chi connectivity index (χ2v) is 16.2. The van der Waals surface area contributed by atoms with Crippen molar-refractivity contribution in [1.82, 2.24) is 4.58 Å². The SMILES string of the molecule is CCC(=O)Nc1cc2c(cc1C1=C(O)/C(=c3\cc4c(cc3NC(=O)CC)=[N+](CC)C(c3ccccc3)C4c3ccccc3)C1=O)C(c1ccccc1)C(c1ccccc1)N2CC. The molecule has 0 saturated carbocycles. The van der Waals surface area contributed by atoms with Crippen molar-refractivity contribution in [3.63, 3.8) is 0 Å². The molecule has 8 nitrogen and oxygen atoms in total. The molecule has 2 heterocycles. The molecule has 0 fully saturated rings. The third-order valence-corrected chi connectivity index (χ3v) is 12.9. The number of allylic oxidation sites excluding steroid dienone is 2. The van der Waals surface area contributed by atoms with E-state index >= 15 is 4.79 Å². The Balaban J connectivity index is 1.28. The van der Waals surface area contributed by atoms with Crippen LogP contribution in [0.5, 0.6) is 0 Å². The molecule has 0 aromatic heterocycles. The fourth-order valence-corrected chi connectivity index (χ4v) is 10.0. The van der Waals surface area contributed by atoms with Crippen molar-refractivity contribution in [2.24, 2.45) is 0 Å². The molecule has 0 bridgehead atoms. The van der Waals surface area contributed by atoms with Gasteiger partial charge in [0.25, 0.3) is 0 Å². The highest BCUT2D eigenvalue weighted by Crippen LogP contribution is 2.55. The van der Waals surface area contributed by atoms with Crippen molar-refractivity contribution < 1.29 is 19.5 Å². The van der Waals surface area contributed by atoms with E-state index in [0.717, 1.165) is 44.4 Å². The van der Waals surface area contributed by atoms with Crippen LogP contribution in [0.3, 0.4) is 0 Å². The van der Waals surface area contributed by atoms with Crippen molar-refractivity contribution in [2.45, 2.75) is 64.5 Å². The summed E-state index contributed by atoms with van der Waals surface area (Å²) in [6.45, 7) is 9.25. The summed E-state index contributed by atoms with van der Waals surface area (Å²) in [7, 11) is 0. The van der Waals surface area contributed by atoms with Gasteiger partial charge in [-0.2, -0.15) is 0 Å². The zero-order chi connectivity index (χ0) is 43.1. The first-order chi connectivity index (χ1) is 30.3. The molecule has 4 unspecified atom stereocenters. The van der Waals surface area contributed by atoms with Crippen LogP contribution in [0.2, 0.25) is 0 Å². The molecule has 2 aliphatic heterocycles. The Morgan fingerprint density at radius 2 is 1.15 bits per heavy atom. The maximum absolute atomic E-state index is 15.0. The minimum absolute atomic E-state index is 0.0542. The quantitative estimate of drug-likeness (QED) is 0.113. The molecule has 4 atom stereocenters. The zero-order valence-electron chi connectivity index (χ0n) is 35.6. The van der Waals surface area contributed by atoms with Crippen LogP contribution < -0.4 is 30.7 Å². The Labute approximate surface area is 362 Å². The van der Waals surface area contributed by atoms with Crippen molar-refractivity contribution in [2.75, 3.05) is 28.6 Å². The van der Waals surface area contributed by atoms with E-state index in [-0.39, 0.29) is 71.3 Å². The minimum Gasteiger partial charge on any atom is -0.506 e. The fraction of sp³-hybridized carbons (Fsp3) is 0.222. The van der Waals surface area contributed by atoms with Gasteiger partial charge in [-0.05, 0) is 54.3 Å². The van der Waals surface area contributed by atoms with Crippen LogP contribution in [0.25, 0.3) is 11.1 Å². The lowest BCUT2D eigenvalue weighted by atomic mass is 9.78. The first-order valence-corrected chi connectivity index (χ1v) is 21.8. The smallest absolute Gasteiger partial charge is 0.224 e. The third kappa shape index (κ3) is 6.80. The molecular formula is C54H51N4O4+. The lowest BCUT2D eigenvalue weighted by molar-refractivity contribution is -0.116. The van der Waals surface area contributed by atoms with Gasteiger partial charge < -0.3 is 20.6 Å².